The number of aryl methyl sites for hydroxylation is 1. The Morgan fingerprint density at radius 2 is 1.78 bits per heavy atom. The zero-order valence-electron chi connectivity index (χ0n) is 21.3. The molecule has 1 heterocycles. The smallest absolute Gasteiger partial charge is 0.329 e. The summed E-state index contributed by atoms with van der Waals surface area (Å²) < 4.78 is 5.76. The number of hydrogen-bond acceptors (Lipinski definition) is 7. The number of benzene rings is 2. The lowest BCUT2D eigenvalue weighted by Crippen LogP contribution is -2.30. The summed E-state index contributed by atoms with van der Waals surface area (Å²) in [5, 5.41) is 34.9. The molecule has 0 bridgehead atoms. The van der Waals surface area contributed by atoms with Gasteiger partial charge in [0.1, 0.15) is 5.75 Å². The number of imide groups is 1. The number of phenols is 1. The van der Waals surface area contributed by atoms with Gasteiger partial charge >= 0.3 is 6.03 Å². The fourth-order valence-electron chi connectivity index (χ4n) is 4.30. The standard InChI is InChI=1S/C28H39N3O6/c32-20-23-17-22(11-12-25(23)33)26(34)18-29-13-4-2-1-3-5-14-37-15-7-9-21-8-6-10-24(16-21)31-27(35)19-30-28(31)36/h6,8,10-12,16-17,26,29,32-34H,1-5,7,9,13-15,18-20H2,(H,30,36)/t26-/m0/s1. The van der Waals surface area contributed by atoms with Gasteiger partial charge in [-0.1, -0.05) is 37.5 Å². The molecule has 1 aliphatic rings. The summed E-state index contributed by atoms with van der Waals surface area (Å²) in [6.07, 6.45) is 6.47. The van der Waals surface area contributed by atoms with Crippen molar-refractivity contribution in [1.29, 1.82) is 0 Å². The molecule has 0 spiro atoms. The molecule has 202 valence electrons. The maximum Gasteiger partial charge on any atom is 0.329 e. The summed E-state index contributed by atoms with van der Waals surface area (Å²) in [5.41, 5.74) is 2.78. The zero-order chi connectivity index (χ0) is 26.5. The largest absolute Gasteiger partial charge is 0.508 e. The second-order valence-corrected chi connectivity index (χ2v) is 9.31. The lowest BCUT2D eigenvalue weighted by atomic mass is 10.1. The monoisotopic (exact) mass is 513 g/mol. The number of ether oxygens (including phenoxy) is 1. The van der Waals surface area contributed by atoms with Gasteiger partial charge in [-0.25, -0.2) is 9.69 Å². The number of carbonyl (C=O) groups excluding carboxylic acids is 2. The Hall–Kier alpha value is -2.98. The third-order valence-electron chi connectivity index (χ3n) is 6.40. The number of rotatable bonds is 17. The average molecular weight is 514 g/mol. The Labute approximate surface area is 218 Å². The lowest BCUT2D eigenvalue weighted by Gasteiger charge is -2.14. The van der Waals surface area contributed by atoms with Crippen LogP contribution in [0.25, 0.3) is 0 Å². The molecule has 2 aromatic carbocycles. The number of urea groups is 1. The van der Waals surface area contributed by atoms with E-state index in [4.69, 9.17) is 4.74 Å². The fraction of sp³-hybridized carbons (Fsp3) is 0.500. The molecule has 0 aliphatic carbocycles. The van der Waals surface area contributed by atoms with Crippen LogP contribution in [0.15, 0.2) is 42.5 Å². The molecule has 3 amide bonds. The molecular formula is C28H39N3O6. The summed E-state index contributed by atoms with van der Waals surface area (Å²) >= 11 is 0. The molecule has 1 aliphatic heterocycles. The summed E-state index contributed by atoms with van der Waals surface area (Å²) in [4.78, 5) is 24.9. The van der Waals surface area contributed by atoms with Crippen LogP contribution in [0, 0.1) is 0 Å². The molecule has 0 radical (unpaired) electrons. The van der Waals surface area contributed by atoms with Gasteiger partial charge in [0.2, 0.25) is 0 Å². The van der Waals surface area contributed by atoms with E-state index in [2.05, 4.69) is 10.6 Å². The number of aliphatic hydroxyl groups excluding tert-OH is 2. The van der Waals surface area contributed by atoms with Crippen molar-refractivity contribution in [1.82, 2.24) is 10.6 Å². The summed E-state index contributed by atoms with van der Waals surface area (Å²) in [6.45, 7) is 2.48. The molecule has 9 heteroatoms. The van der Waals surface area contributed by atoms with E-state index >= 15 is 0 Å². The van der Waals surface area contributed by atoms with Crippen molar-refractivity contribution < 1.29 is 29.6 Å². The van der Waals surface area contributed by atoms with Crippen molar-refractivity contribution in [3.63, 3.8) is 0 Å². The number of carbonyl (C=O) groups is 2. The van der Waals surface area contributed by atoms with Crippen molar-refractivity contribution >= 4 is 17.6 Å². The van der Waals surface area contributed by atoms with Crippen molar-refractivity contribution in [3.05, 3.63) is 59.2 Å². The van der Waals surface area contributed by atoms with E-state index in [1.165, 1.54) is 11.0 Å². The average Bonchev–Trinajstić information content (AvgIpc) is 3.24. The van der Waals surface area contributed by atoms with Gasteiger partial charge < -0.3 is 30.7 Å². The van der Waals surface area contributed by atoms with E-state index in [9.17, 15) is 24.9 Å². The number of amides is 3. The van der Waals surface area contributed by atoms with E-state index in [-0.39, 0.29) is 30.8 Å². The molecule has 3 rings (SSSR count). The highest BCUT2D eigenvalue weighted by molar-refractivity contribution is 6.19. The normalized spacial score (nSPS) is 14.3. The van der Waals surface area contributed by atoms with Crippen molar-refractivity contribution in [2.24, 2.45) is 0 Å². The lowest BCUT2D eigenvalue weighted by molar-refractivity contribution is -0.115. The predicted molar refractivity (Wildman–Crippen MR) is 141 cm³/mol. The fourth-order valence-corrected chi connectivity index (χ4v) is 4.30. The SMILES string of the molecule is O=C1CNC(=O)N1c1cccc(CCCOCCCCCCCNC[C@H](O)c2ccc(O)c(CO)c2)c1. The molecular weight excluding hydrogens is 474 g/mol. The number of nitrogens with one attached hydrogen (secondary N) is 2. The Balaban J connectivity index is 1.16. The van der Waals surface area contributed by atoms with Crippen molar-refractivity contribution in [3.8, 4) is 5.75 Å². The molecule has 0 saturated carbocycles. The molecule has 0 unspecified atom stereocenters. The van der Waals surface area contributed by atoms with Crippen LogP contribution in [-0.2, 0) is 22.6 Å². The Bertz CT molecular complexity index is 999. The number of aliphatic hydroxyl groups is 2. The molecule has 9 nitrogen and oxygen atoms in total. The minimum Gasteiger partial charge on any atom is -0.508 e. The molecule has 1 atom stereocenters. The van der Waals surface area contributed by atoms with Crippen LogP contribution in [0.5, 0.6) is 5.75 Å². The van der Waals surface area contributed by atoms with Gasteiger partial charge in [-0.3, -0.25) is 4.79 Å². The van der Waals surface area contributed by atoms with Crippen molar-refractivity contribution in [2.45, 2.75) is 57.7 Å². The topological polar surface area (TPSA) is 131 Å². The van der Waals surface area contributed by atoms with Gasteiger partial charge in [0.05, 0.1) is 24.9 Å². The van der Waals surface area contributed by atoms with E-state index in [0.717, 1.165) is 63.7 Å². The molecule has 37 heavy (non-hydrogen) atoms. The number of hydrogen-bond donors (Lipinski definition) is 5. The quantitative estimate of drug-likeness (QED) is 0.162. The molecule has 2 aromatic rings. The Morgan fingerprint density at radius 3 is 2.57 bits per heavy atom. The van der Waals surface area contributed by atoms with Gasteiger partial charge in [0.15, 0.2) is 0 Å². The first-order valence-electron chi connectivity index (χ1n) is 13.1. The van der Waals surface area contributed by atoms with Crippen LogP contribution < -0.4 is 15.5 Å². The molecule has 1 saturated heterocycles. The van der Waals surface area contributed by atoms with Crippen molar-refractivity contribution in [2.75, 3.05) is 37.7 Å². The second kappa shape index (κ2) is 15.3. The van der Waals surface area contributed by atoms with Crippen LogP contribution in [-0.4, -0.2) is 60.1 Å². The number of unbranched alkanes of at least 4 members (excludes halogenated alkanes) is 4. The molecule has 1 fully saturated rings. The highest BCUT2D eigenvalue weighted by Gasteiger charge is 2.29. The van der Waals surface area contributed by atoms with Gasteiger partial charge in [0, 0.05) is 25.3 Å². The van der Waals surface area contributed by atoms with E-state index in [1.807, 2.05) is 18.2 Å². The van der Waals surface area contributed by atoms with Crippen LogP contribution in [0.2, 0.25) is 0 Å². The first-order chi connectivity index (χ1) is 18.0. The number of anilines is 1. The van der Waals surface area contributed by atoms with Crippen LogP contribution in [0.3, 0.4) is 0 Å². The van der Waals surface area contributed by atoms with Gasteiger partial charge in [-0.2, -0.15) is 0 Å². The van der Waals surface area contributed by atoms with E-state index in [1.54, 1.807) is 18.2 Å². The van der Waals surface area contributed by atoms with Gasteiger partial charge in [0.25, 0.3) is 5.91 Å². The first kappa shape index (κ1) is 28.6. The molecule has 5 N–H and O–H groups in total. The highest BCUT2D eigenvalue weighted by Crippen LogP contribution is 2.22. The third-order valence-corrected chi connectivity index (χ3v) is 6.40. The Kier molecular flexibility index (Phi) is 11.8. The van der Waals surface area contributed by atoms with E-state index in [0.29, 0.717) is 30.0 Å². The minimum atomic E-state index is -0.678. The first-order valence-corrected chi connectivity index (χ1v) is 13.1. The minimum absolute atomic E-state index is 0.0350. The number of nitrogens with zero attached hydrogens (tertiary/aromatic N) is 1. The Morgan fingerprint density at radius 1 is 1.00 bits per heavy atom. The summed E-state index contributed by atoms with van der Waals surface area (Å²) in [6, 6.07) is 11.9. The maximum atomic E-state index is 11.9. The zero-order valence-corrected chi connectivity index (χ0v) is 21.3. The predicted octanol–water partition coefficient (Wildman–Crippen LogP) is 3.16. The van der Waals surface area contributed by atoms with E-state index < -0.39 is 6.10 Å². The van der Waals surface area contributed by atoms with Gasteiger partial charge in [-0.05, 0) is 67.6 Å². The second-order valence-electron chi connectivity index (χ2n) is 9.31. The third kappa shape index (κ3) is 9.12. The van der Waals surface area contributed by atoms with Crippen LogP contribution in [0.1, 0.15) is 61.3 Å². The van der Waals surface area contributed by atoms with Gasteiger partial charge in [-0.15, -0.1) is 0 Å². The maximum absolute atomic E-state index is 11.9. The summed E-state index contributed by atoms with van der Waals surface area (Å²) in [5.74, 6) is -0.197. The molecule has 0 aromatic heterocycles. The van der Waals surface area contributed by atoms with Crippen LogP contribution in [0.4, 0.5) is 10.5 Å². The summed E-state index contributed by atoms with van der Waals surface area (Å²) in [7, 11) is 0. The van der Waals surface area contributed by atoms with Crippen LogP contribution >= 0.6 is 0 Å². The number of aromatic hydroxyl groups is 1. The highest BCUT2D eigenvalue weighted by atomic mass is 16.5.